The molecular formula is C25H25ClN3O3-. The zero-order valence-corrected chi connectivity index (χ0v) is 18.8. The number of carbonyl (C=O) groups excluding carboxylic acids is 2. The van der Waals surface area contributed by atoms with Crippen LogP contribution >= 0.6 is 11.6 Å². The molecule has 0 saturated carbocycles. The van der Waals surface area contributed by atoms with Crippen LogP contribution in [-0.4, -0.2) is 18.2 Å². The maximum Gasteiger partial charge on any atom is 0.339 e. The molecule has 3 rings (SSSR count). The summed E-state index contributed by atoms with van der Waals surface area (Å²) in [5.74, 6) is -0.821. The Morgan fingerprint density at radius 2 is 1.75 bits per heavy atom. The molecular weight excluding hydrogens is 426 g/mol. The van der Waals surface area contributed by atoms with Gasteiger partial charge >= 0.3 is 6.03 Å². The van der Waals surface area contributed by atoms with Crippen molar-refractivity contribution in [2.75, 3.05) is 5.32 Å². The molecule has 1 aromatic carbocycles. The average molecular weight is 451 g/mol. The number of hydrogen-bond acceptors (Lipinski definition) is 4. The highest BCUT2D eigenvalue weighted by Gasteiger charge is 2.15. The normalized spacial score (nSPS) is 11.2. The second-order valence-electron chi connectivity index (χ2n) is 7.80. The van der Waals surface area contributed by atoms with Gasteiger partial charge in [0.2, 0.25) is 0 Å². The van der Waals surface area contributed by atoms with Crippen LogP contribution in [0.5, 0.6) is 0 Å². The van der Waals surface area contributed by atoms with Crippen molar-refractivity contribution in [3.05, 3.63) is 76.3 Å². The molecule has 2 aliphatic rings. The van der Waals surface area contributed by atoms with Gasteiger partial charge in [-0.05, 0) is 77.8 Å². The number of hydrazone groups is 1. The number of aryl methyl sites for hydroxylation is 1. The molecule has 0 fully saturated rings. The molecule has 0 aromatic heterocycles. The summed E-state index contributed by atoms with van der Waals surface area (Å²) < 4.78 is 0. The number of nitrogens with one attached hydrogen (secondary N) is 2. The molecule has 2 amide bonds. The monoisotopic (exact) mass is 450 g/mol. The fraction of sp³-hybridized carbons (Fsp3) is 0.240. The molecule has 2 aliphatic carbocycles. The zero-order valence-electron chi connectivity index (χ0n) is 18.0. The highest BCUT2D eigenvalue weighted by Crippen LogP contribution is 2.33. The van der Waals surface area contributed by atoms with E-state index in [2.05, 4.69) is 29.7 Å². The lowest BCUT2D eigenvalue weighted by Crippen LogP contribution is -2.24. The number of rotatable bonds is 8. The highest BCUT2D eigenvalue weighted by molar-refractivity contribution is 6.30. The van der Waals surface area contributed by atoms with Gasteiger partial charge in [-0.2, -0.15) is 5.10 Å². The van der Waals surface area contributed by atoms with Gasteiger partial charge in [0, 0.05) is 22.5 Å². The Bertz CT molecular complexity index is 1090. The molecule has 6 nitrogen and oxygen atoms in total. The molecule has 166 valence electrons. The van der Waals surface area contributed by atoms with Crippen LogP contribution in [0.2, 0.25) is 5.02 Å². The van der Waals surface area contributed by atoms with Gasteiger partial charge < -0.3 is 15.2 Å². The van der Waals surface area contributed by atoms with Crippen molar-refractivity contribution in [2.45, 2.75) is 39.0 Å². The van der Waals surface area contributed by atoms with Gasteiger partial charge in [-0.1, -0.05) is 49.7 Å². The number of anilines is 1. The van der Waals surface area contributed by atoms with Crippen molar-refractivity contribution < 1.29 is 14.7 Å². The summed E-state index contributed by atoms with van der Waals surface area (Å²) in [6.45, 7) is 4.20. The van der Waals surface area contributed by atoms with Crippen LogP contribution in [-0.2, 0) is 6.42 Å². The molecule has 7 heteroatoms. The summed E-state index contributed by atoms with van der Waals surface area (Å²) in [7, 11) is 0. The summed E-state index contributed by atoms with van der Waals surface area (Å²) in [6, 6.07) is 15.9. The van der Waals surface area contributed by atoms with Gasteiger partial charge in [0.25, 0.3) is 0 Å². The molecule has 1 aromatic rings. The first-order chi connectivity index (χ1) is 15.3. The van der Waals surface area contributed by atoms with Crippen LogP contribution in [0.1, 0.15) is 54.1 Å². The van der Waals surface area contributed by atoms with Crippen LogP contribution < -0.4 is 15.8 Å². The molecule has 0 radical (unpaired) electrons. The number of carbonyl (C=O) groups is 2. The number of carboxylic acids is 1. The average Bonchev–Trinajstić information content (AvgIpc) is 2.94. The van der Waals surface area contributed by atoms with Crippen LogP contribution in [0, 0.1) is 0 Å². The first kappa shape index (κ1) is 23.3. The summed E-state index contributed by atoms with van der Waals surface area (Å²) >= 11 is 5.82. The van der Waals surface area contributed by atoms with E-state index < -0.39 is 12.0 Å². The highest BCUT2D eigenvalue weighted by atomic mass is 35.5. The largest absolute Gasteiger partial charge is 0.545 e. The Kier molecular flexibility index (Phi) is 7.84. The van der Waals surface area contributed by atoms with Crippen LogP contribution in [0.15, 0.2) is 59.7 Å². The lowest BCUT2D eigenvalue weighted by molar-refractivity contribution is -0.254. The smallest absolute Gasteiger partial charge is 0.339 e. The van der Waals surface area contributed by atoms with Gasteiger partial charge in [-0.15, -0.1) is 0 Å². The molecule has 0 spiro atoms. The third-order valence-corrected chi connectivity index (χ3v) is 5.41. The Balaban J connectivity index is 1.56. The van der Waals surface area contributed by atoms with Crippen molar-refractivity contribution >= 4 is 35.5 Å². The van der Waals surface area contributed by atoms with E-state index in [9.17, 15) is 14.7 Å². The number of amides is 2. The van der Waals surface area contributed by atoms with Gasteiger partial charge in [0.15, 0.2) is 0 Å². The standard InChI is InChI=1S/C25H26ClN3O3/c1-16(2)17-6-12-21-18(15-23(24(30)31)22(21)13-7-17)5-3-4-14-27-29-25(32)28-20-10-8-19(26)9-11-20/h6-16H,3-5H2,1-2H3,(H,30,31)(H2,28,29,32)/p-1/b27-14+. The quantitative estimate of drug-likeness (QED) is 0.285. The molecule has 0 bridgehead atoms. The fourth-order valence-electron chi connectivity index (χ4n) is 3.44. The maximum absolute atomic E-state index is 11.8. The van der Waals surface area contributed by atoms with E-state index in [0.717, 1.165) is 23.1 Å². The number of aromatic carboxylic acids is 1. The summed E-state index contributed by atoms with van der Waals surface area (Å²) in [5, 5.41) is 18.8. The minimum atomic E-state index is -1.17. The minimum Gasteiger partial charge on any atom is -0.545 e. The van der Waals surface area contributed by atoms with E-state index in [0.29, 0.717) is 35.0 Å². The maximum atomic E-state index is 11.8. The zero-order chi connectivity index (χ0) is 23.1. The van der Waals surface area contributed by atoms with E-state index in [1.54, 1.807) is 36.5 Å². The van der Waals surface area contributed by atoms with Gasteiger partial charge in [-0.25, -0.2) is 10.2 Å². The first-order valence-corrected chi connectivity index (χ1v) is 10.8. The number of fused-ring (bicyclic) bond motifs is 1. The molecule has 2 N–H and O–H groups in total. The summed E-state index contributed by atoms with van der Waals surface area (Å²) in [4.78, 5) is 23.4. The molecule has 0 aliphatic heterocycles. The Labute approximate surface area is 192 Å². The van der Waals surface area contributed by atoms with E-state index in [-0.39, 0.29) is 5.56 Å². The Hall–Kier alpha value is -3.38. The predicted molar refractivity (Wildman–Crippen MR) is 127 cm³/mol. The van der Waals surface area contributed by atoms with Crippen LogP contribution in [0.4, 0.5) is 10.5 Å². The van der Waals surface area contributed by atoms with Crippen LogP contribution in [0.25, 0.3) is 11.1 Å². The number of benzene rings is 1. The predicted octanol–water partition coefficient (Wildman–Crippen LogP) is 5.06. The minimum absolute atomic E-state index is 0.218. The first-order valence-electron chi connectivity index (χ1n) is 10.5. The van der Waals surface area contributed by atoms with E-state index in [4.69, 9.17) is 11.6 Å². The van der Waals surface area contributed by atoms with E-state index >= 15 is 0 Å². The van der Waals surface area contributed by atoms with Gasteiger partial charge in [-0.3, -0.25) is 0 Å². The molecule has 0 saturated heterocycles. The number of urea groups is 1. The molecule has 32 heavy (non-hydrogen) atoms. The topological polar surface area (TPSA) is 93.6 Å². The van der Waals surface area contributed by atoms with Gasteiger partial charge in [0.05, 0.1) is 5.97 Å². The lowest BCUT2D eigenvalue weighted by Gasteiger charge is -2.04. The molecule has 0 atom stereocenters. The van der Waals surface area contributed by atoms with Crippen molar-refractivity contribution in [2.24, 2.45) is 5.10 Å². The van der Waals surface area contributed by atoms with Crippen molar-refractivity contribution in [1.29, 1.82) is 0 Å². The molecule has 0 unspecified atom stereocenters. The Morgan fingerprint density at radius 1 is 1.06 bits per heavy atom. The van der Waals surface area contributed by atoms with E-state index in [1.165, 1.54) is 0 Å². The van der Waals surface area contributed by atoms with Crippen molar-refractivity contribution in [3.63, 3.8) is 0 Å². The van der Waals surface area contributed by atoms with Crippen molar-refractivity contribution in [1.82, 2.24) is 5.43 Å². The third kappa shape index (κ3) is 6.08. The molecule has 0 heterocycles. The Morgan fingerprint density at radius 3 is 2.41 bits per heavy atom. The number of hydrogen-bond donors (Lipinski definition) is 2. The summed E-state index contributed by atoms with van der Waals surface area (Å²) in [5.41, 5.74) is 6.98. The SMILES string of the molecule is CC(C)c1ccc2c(CCC/C=N/NC(=O)Nc3ccc(Cl)cc3)cc(C(=O)[O-])c-2cc1. The summed E-state index contributed by atoms with van der Waals surface area (Å²) in [6.07, 6.45) is 3.70. The lowest BCUT2D eigenvalue weighted by atomic mass is 10.0. The van der Waals surface area contributed by atoms with Crippen molar-refractivity contribution in [3.8, 4) is 11.1 Å². The van der Waals surface area contributed by atoms with E-state index in [1.807, 2.05) is 24.3 Å². The second kappa shape index (κ2) is 10.8. The number of carboxylic acid groups (broad SMARTS) is 1. The number of halogens is 1. The van der Waals surface area contributed by atoms with Crippen LogP contribution in [0.3, 0.4) is 0 Å². The number of unbranched alkanes of at least 4 members (excludes halogenated alkanes) is 1. The fourth-order valence-corrected chi connectivity index (χ4v) is 3.57. The van der Waals surface area contributed by atoms with Gasteiger partial charge in [0.1, 0.15) is 0 Å². The number of nitrogens with zero attached hydrogens (tertiary/aromatic N) is 1. The third-order valence-electron chi connectivity index (χ3n) is 5.16. The second-order valence-corrected chi connectivity index (χ2v) is 8.23.